The first-order valence-electron chi connectivity index (χ1n) is 17.7. The van der Waals surface area contributed by atoms with E-state index < -0.39 is 0 Å². The number of fused-ring (bicyclic) bond motifs is 7. The molecule has 1 heterocycles. The summed E-state index contributed by atoms with van der Waals surface area (Å²) >= 11 is 0. The Kier molecular flexibility index (Phi) is 6.56. The molecule has 0 saturated heterocycles. The number of benzene rings is 8. The summed E-state index contributed by atoms with van der Waals surface area (Å²) in [5, 5.41) is 7.49. The molecule has 0 N–H and O–H groups in total. The molecule has 51 heavy (non-hydrogen) atoms. The van der Waals surface area contributed by atoms with Crippen LogP contribution < -0.4 is 0 Å². The summed E-state index contributed by atoms with van der Waals surface area (Å²) in [5.74, 6) is 0.717. The number of rotatable bonds is 4. The molecule has 0 atom stereocenters. The summed E-state index contributed by atoms with van der Waals surface area (Å²) in [6, 6.07) is 61.2. The Bertz CT molecular complexity index is 2830. The van der Waals surface area contributed by atoms with Crippen LogP contribution in [0.15, 0.2) is 170 Å². The second-order valence-corrected chi connectivity index (χ2v) is 14.2. The molecule has 0 spiro atoms. The van der Waals surface area contributed by atoms with Crippen LogP contribution in [-0.4, -0.2) is 9.97 Å². The first kappa shape index (κ1) is 29.5. The molecule has 10 rings (SSSR count). The van der Waals surface area contributed by atoms with Gasteiger partial charge in [-0.1, -0.05) is 166 Å². The van der Waals surface area contributed by atoms with Crippen molar-refractivity contribution < 1.29 is 0 Å². The Morgan fingerprint density at radius 2 is 0.980 bits per heavy atom. The largest absolute Gasteiger partial charge is 0.228 e. The van der Waals surface area contributed by atoms with Gasteiger partial charge in [0.2, 0.25) is 0 Å². The highest BCUT2D eigenvalue weighted by atomic mass is 14.9. The molecule has 0 bridgehead atoms. The lowest BCUT2D eigenvalue weighted by molar-refractivity contribution is 0.661. The highest BCUT2D eigenvalue weighted by molar-refractivity contribution is 6.15. The third kappa shape index (κ3) is 4.64. The summed E-state index contributed by atoms with van der Waals surface area (Å²) in [4.78, 5) is 10.7. The standard InChI is InChI=1S/C49H34N2/c1-49(2)42-25-13-24-40(47(42)41-28-34-17-6-7-18-35(34)29-43(41)49)45-30-44(50-48(51-45)33-15-4-3-5-16-33)38-22-11-10-21-37(38)39-23-12-19-32-27-26-31-14-8-9-20-36(31)46(32)39/h3-30H,1-2H3. The van der Waals surface area contributed by atoms with Gasteiger partial charge < -0.3 is 0 Å². The maximum Gasteiger partial charge on any atom is 0.160 e. The van der Waals surface area contributed by atoms with Gasteiger partial charge >= 0.3 is 0 Å². The SMILES string of the molecule is CC1(C)c2cc3ccccc3cc2-c2c(-c3cc(-c4ccccc4-c4cccc5ccc6ccccc6c45)nc(-c4ccccc4)n3)cccc21. The summed E-state index contributed by atoms with van der Waals surface area (Å²) < 4.78 is 0. The summed E-state index contributed by atoms with van der Waals surface area (Å²) in [5.41, 5.74) is 12.5. The van der Waals surface area contributed by atoms with E-state index >= 15 is 0 Å². The molecule has 1 aromatic heterocycles. The van der Waals surface area contributed by atoms with Crippen molar-refractivity contribution in [3.05, 3.63) is 181 Å². The van der Waals surface area contributed by atoms with Crippen LogP contribution in [0.4, 0.5) is 0 Å². The smallest absolute Gasteiger partial charge is 0.160 e. The Labute approximate surface area is 297 Å². The Morgan fingerprint density at radius 3 is 1.80 bits per heavy atom. The third-order valence-electron chi connectivity index (χ3n) is 10.9. The molecular formula is C49H34N2. The molecule has 240 valence electrons. The summed E-state index contributed by atoms with van der Waals surface area (Å²) in [7, 11) is 0. The molecule has 0 amide bonds. The maximum atomic E-state index is 5.34. The molecule has 1 aliphatic rings. The molecule has 0 aliphatic heterocycles. The molecule has 0 radical (unpaired) electrons. The van der Waals surface area contributed by atoms with Gasteiger partial charge in [0.15, 0.2) is 5.82 Å². The van der Waals surface area contributed by atoms with E-state index in [0.717, 1.165) is 39.5 Å². The van der Waals surface area contributed by atoms with Crippen molar-refractivity contribution in [2.45, 2.75) is 19.3 Å². The third-order valence-corrected chi connectivity index (χ3v) is 10.9. The highest BCUT2D eigenvalue weighted by Crippen LogP contribution is 2.53. The van der Waals surface area contributed by atoms with Crippen molar-refractivity contribution in [1.82, 2.24) is 9.97 Å². The molecule has 2 nitrogen and oxygen atoms in total. The predicted molar refractivity (Wildman–Crippen MR) is 214 cm³/mol. The zero-order valence-electron chi connectivity index (χ0n) is 28.6. The first-order chi connectivity index (χ1) is 25.0. The molecule has 9 aromatic rings. The predicted octanol–water partition coefficient (Wildman–Crippen LogP) is 12.9. The van der Waals surface area contributed by atoms with Crippen LogP contribution >= 0.6 is 0 Å². The Balaban J connectivity index is 1.24. The van der Waals surface area contributed by atoms with Crippen LogP contribution in [0.25, 0.3) is 88.5 Å². The minimum Gasteiger partial charge on any atom is -0.228 e. The molecule has 0 saturated carbocycles. The van der Waals surface area contributed by atoms with Crippen molar-refractivity contribution in [3.8, 4) is 56.2 Å². The summed E-state index contributed by atoms with van der Waals surface area (Å²) in [6.45, 7) is 4.70. The average molecular weight is 651 g/mol. The van der Waals surface area contributed by atoms with E-state index in [0.29, 0.717) is 0 Å². The van der Waals surface area contributed by atoms with E-state index in [2.05, 4.69) is 178 Å². The highest BCUT2D eigenvalue weighted by Gasteiger charge is 2.37. The lowest BCUT2D eigenvalue weighted by Crippen LogP contribution is -2.14. The normalized spacial score (nSPS) is 13.1. The van der Waals surface area contributed by atoms with Crippen LogP contribution in [0.5, 0.6) is 0 Å². The van der Waals surface area contributed by atoms with Gasteiger partial charge in [0.1, 0.15) is 0 Å². The first-order valence-corrected chi connectivity index (χ1v) is 17.7. The van der Waals surface area contributed by atoms with E-state index in [1.807, 2.05) is 6.07 Å². The topological polar surface area (TPSA) is 25.8 Å². The average Bonchev–Trinajstić information content (AvgIpc) is 3.42. The number of aromatic nitrogens is 2. The number of hydrogen-bond donors (Lipinski definition) is 0. The van der Waals surface area contributed by atoms with E-state index in [-0.39, 0.29) is 5.41 Å². The minimum atomic E-state index is -0.146. The van der Waals surface area contributed by atoms with Crippen LogP contribution in [0.3, 0.4) is 0 Å². The molecule has 2 heteroatoms. The molecular weight excluding hydrogens is 617 g/mol. The van der Waals surface area contributed by atoms with Crippen molar-refractivity contribution in [1.29, 1.82) is 0 Å². The van der Waals surface area contributed by atoms with Gasteiger partial charge in [-0.25, -0.2) is 9.97 Å². The zero-order valence-corrected chi connectivity index (χ0v) is 28.6. The van der Waals surface area contributed by atoms with Gasteiger partial charge in [-0.05, 0) is 83.9 Å². The fourth-order valence-corrected chi connectivity index (χ4v) is 8.35. The van der Waals surface area contributed by atoms with Gasteiger partial charge in [-0.2, -0.15) is 0 Å². The number of hydrogen-bond acceptors (Lipinski definition) is 2. The monoisotopic (exact) mass is 650 g/mol. The van der Waals surface area contributed by atoms with E-state index in [1.54, 1.807) is 0 Å². The second-order valence-electron chi connectivity index (χ2n) is 14.2. The van der Waals surface area contributed by atoms with E-state index in [4.69, 9.17) is 9.97 Å². The maximum absolute atomic E-state index is 5.34. The van der Waals surface area contributed by atoms with Crippen molar-refractivity contribution in [3.63, 3.8) is 0 Å². The van der Waals surface area contributed by atoms with Crippen LogP contribution in [0.2, 0.25) is 0 Å². The van der Waals surface area contributed by atoms with Gasteiger partial charge in [0.25, 0.3) is 0 Å². The fraction of sp³-hybridized carbons (Fsp3) is 0.0612. The van der Waals surface area contributed by atoms with Gasteiger partial charge in [0.05, 0.1) is 11.4 Å². The van der Waals surface area contributed by atoms with Crippen LogP contribution in [0, 0.1) is 0 Å². The molecule has 0 fully saturated rings. The fourth-order valence-electron chi connectivity index (χ4n) is 8.35. The Morgan fingerprint density at radius 1 is 0.392 bits per heavy atom. The van der Waals surface area contributed by atoms with Crippen LogP contribution in [0.1, 0.15) is 25.0 Å². The molecule has 0 unspecified atom stereocenters. The van der Waals surface area contributed by atoms with Gasteiger partial charge in [-0.3, -0.25) is 0 Å². The zero-order chi connectivity index (χ0) is 34.1. The van der Waals surface area contributed by atoms with Crippen LogP contribution in [-0.2, 0) is 5.41 Å². The minimum absolute atomic E-state index is 0.146. The van der Waals surface area contributed by atoms with E-state index in [9.17, 15) is 0 Å². The summed E-state index contributed by atoms with van der Waals surface area (Å²) in [6.07, 6.45) is 0. The van der Waals surface area contributed by atoms with E-state index in [1.165, 1.54) is 60.1 Å². The number of nitrogens with zero attached hydrogens (tertiary/aromatic N) is 2. The molecule has 1 aliphatic carbocycles. The molecule has 8 aromatic carbocycles. The second kappa shape index (κ2) is 11.3. The lowest BCUT2D eigenvalue weighted by atomic mass is 9.81. The van der Waals surface area contributed by atoms with Gasteiger partial charge in [-0.15, -0.1) is 0 Å². The van der Waals surface area contributed by atoms with Crippen molar-refractivity contribution in [2.24, 2.45) is 0 Å². The van der Waals surface area contributed by atoms with Gasteiger partial charge in [0, 0.05) is 22.1 Å². The lowest BCUT2D eigenvalue weighted by Gasteiger charge is -2.22. The van der Waals surface area contributed by atoms with Crippen molar-refractivity contribution in [2.75, 3.05) is 0 Å². The Hall–Kier alpha value is -6.38. The quantitative estimate of drug-likeness (QED) is 0.177. The van der Waals surface area contributed by atoms with Crippen molar-refractivity contribution >= 4 is 32.3 Å².